The number of rotatable bonds is 6. The summed E-state index contributed by atoms with van der Waals surface area (Å²) in [5.74, 6) is -1.35. The van der Waals surface area contributed by atoms with Crippen LogP contribution in [0.4, 0.5) is 23.5 Å². The van der Waals surface area contributed by atoms with E-state index >= 15 is 0 Å². The van der Waals surface area contributed by atoms with Gasteiger partial charge in [0, 0.05) is 17.6 Å². The van der Waals surface area contributed by atoms with E-state index in [1.807, 2.05) is 6.92 Å². The van der Waals surface area contributed by atoms with Gasteiger partial charge in [0.15, 0.2) is 0 Å². The first-order chi connectivity index (χ1) is 17.1. The molecule has 11 heteroatoms. The second-order valence-corrected chi connectivity index (χ2v) is 8.01. The van der Waals surface area contributed by atoms with Gasteiger partial charge in [0.1, 0.15) is 11.5 Å². The van der Waals surface area contributed by atoms with E-state index in [0.29, 0.717) is 17.0 Å². The maximum absolute atomic E-state index is 13.5. The van der Waals surface area contributed by atoms with Crippen LogP contribution in [-0.2, 0) is 17.5 Å². The van der Waals surface area contributed by atoms with Crippen molar-refractivity contribution in [3.05, 3.63) is 99.2 Å². The molecule has 2 aromatic heterocycles. The third-order valence-corrected chi connectivity index (χ3v) is 5.61. The molecule has 1 unspecified atom stereocenters. The van der Waals surface area contributed by atoms with Crippen molar-refractivity contribution in [2.24, 2.45) is 0 Å². The number of hydrogen-bond donors (Lipinski definition) is 1. The van der Waals surface area contributed by atoms with E-state index < -0.39 is 35.6 Å². The highest BCUT2D eigenvalue weighted by molar-refractivity contribution is 5.89. The number of pyridine rings is 1. The molecule has 186 valence electrons. The van der Waals surface area contributed by atoms with Crippen LogP contribution in [0.3, 0.4) is 0 Å². The molecule has 2 heterocycles. The van der Waals surface area contributed by atoms with Crippen LogP contribution in [0.25, 0.3) is 11.0 Å². The highest BCUT2D eigenvalue weighted by Crippen LogP contribution is 2.33. The zero-order valence-electron chi connectivity index (χ0n) is 19.1. The Morgan fingerprint density at radius 3 is 2.50 bits per heavy atom. The molecule has 0 saturated carbocycles. The van der Waals surface area contributed by atoms with Crippen LogP contribution in [0, 0.1) is 5.82 Å². The predicted molar refractivity (Wildman–Crippen MR) is 124 cm³/mol. The molecular weight excluding hydrogens is 480 g/mol. The van der Waals surface area contributed by atoms with Crippen molar-refractivity contribution >= 4 is 23.0 Å². The number of ether oxygens (including phenoxy) is 1. The van der Waals surface area contributed by atoms with Gasteiger partial charge in [-0.3, -0.25) is 9.36 Å². The number of hydrogen-bond acceptors (Lipinski definition) is 6. The van der Waals surface area contributed by atoms with Gasteiger partial charge in [-0.05, 0) is 48.4 Å². The number of aromatic nitrogens is 3. The Balaban J connectivity index is 1.67. The van der Waals surface area contributed by atoms with Gasteiger partial charge in [-0.15, -0.1) is 0 Å². The average Bonchev–Trinajstić information content (AvgIpc) is 2.85. The van der Waals surface area contributed by atoms with Gasteiger partial charge in [0.05, 0.1) is 30.8 Å². The van der Waals surface area contributed by atoms with E-state index in [-0.39, 0.29) is 23.2 Å². The van der Waals surface area contributed by atoms with Gasteiger partial charge in [-0.25, -0.2) is 14.2 Å². The highest BCUT2D eigenvalue weighted by Gasteiger charge is 2.34. The summed E-state index contributed by atoms with van der Waals surface area (Å²) >= 11 is 0. The van der Waals surface area contributed by atoms with Crippen LogP contribution in [0.15, 0.2) is 65.6 Å². The lowest BCUT2D eigenvalue weighted by Gasteiger charge is -2.17. The fraction of sp³-hybridized carbons (Fsp3) is 0.200. The highest BCUT2D eigenvalue weighted by atomic mass is 19.4. The van der Waals surface area contributed by atoms with Crippen LogP contribution in [0.2, 0.25) is 0 Å². The lowest BCUT2D eigenvalue weighted by Crippen LogP contribution is -2.23. The third kappa shape index (κ3) is 5.19. The smallest absolute Gasteiger partial charge is 0.416 e. The fourth-order valence-corrected chi connectivity index (χ4v) is 3.72. The van der Waals surface area contributed by atoms with Crippen molar-refractivity contribution in [2.45, 2.75) is 25.7 Å². The molecule has 0 amide bonds. The Morgan fingerprint density at radius 1 is 1.11 bits per heavy atom. The summed E-state index contributed by atoms with van der Waals surface area (Å²) in [6.45, 7) is 1.36. The molecule has 1 N–H and O–H groups in total. The van der Waals surface area contributed by atoms with Crippen molar-refractivity contribution < 1.29 is 27.1 Å². The van der Waals surface area contributed by atoms with Crippen molar-refractivity contribution in [3.63, 3.8) is 0 Å². The zero-order valence-corrected chi connectivity index (χ0v) is 19.1. The number of carbonyl (C=O) groups excluding carboxylic acids is 1. The number of methoxy groups -OCH3 is 1. The van der Waals surface area contributed by atoms with Crippen LogP contribution in [0.5, 0.6) is 0 Å². The summed E-state index contributed by atoms with van der Waals surface area (Å²) in [5.41, 5.74) is -0.702. The number of fused-ring (bicyclic) bond motifs is 1. The SMILES string of the molecule is COC(=O)c1ccc(C(C)Nc2ncc3ccc(=O)n(Cc4ccc(F)cc4C(F)(F)F)c3n2)cc1. The third-order valence-electron chi connectivity index (χ3n) is 5.61. The van der Waals surface area contributed by atoms with Crippen LogP contribution >= 0.6 is 0 Å². The van der Waals surface area contributed by atoms with Gasteiger partial charge in [-0.2, -0.15) is 18.2 Å². The number of alkyl halides is 3. The molecule has 0 aliphatic carbocycles. The Morgan fingerprint density at radius 2 is 1.83 bits per heavy atom. The molecule has 0 fully saturated rings. The van der Waals surface area contributed by atoms with Crippen molar-refractivity contribution in [1.82, 2.24) is 14.5 Å². The first-order valence-corrected chi connectivity index (χ1v) is 10.7. The first kappa shape index (κ1) is 24.8. The molecule has 0 bridgehead atoms. The second-order valence-electron chi connectivity index (χ2n) is 8.01. The van der Waals surface area contributed by atoms with Crippen LogP contribution < -0.4 is 10.9 Å². The van der Waals surface area contributed by atoms with Gasteiger partial charge in [0.2, 0.25) is 5.95 Å². The normalized spacial score (nSPS) is 12.4. The molecule has 0 saturated heterocycles. The van der Waals surface area contributed by atoms with Crippen molar-refractivity contribution in [3.8, 4) is 0 Å². The minimum atomic E-state index is -4.80. The van der Waals surface area contributed by atoms with E-state index in [0.717, 1.165) is 22.3 Å². The Hall–Kier alpha value is -4.28. The molecule has 0 spiro atoms. The number of esters is 1. The van der Waals surface area contributed by atoms with E-state index in [1.54, 1.807) is 24.3 Å². The molecule has 4 aromatic rings. The minimum absolute atomic E-state index is 0.116. The van der Waals surface area contributed by atoms with Crippen LogP contribution in [-0.4, -0.2) is 27.6 Å². The molecule has 1 atom stereocenters. The van der Waals surface area contributed by atoms with Crippen molar-refractivity contribution in [1.29, 1.82) is 0 Å². The Kier molecular flexibility index (Phi) is 6.73. The molecule has 2 aromatic carbocycles. The summed E-state index contributed by atoms with van der Waals surface area (Å²) in [5, 5.41) is 3.52. The number of nitrogens with zero attached hydrogens (tertiary/aromatic N) is 3. The number of nitrogens with one attached hydrogen (secondary N) is 1. The first-order valence-electron chi connectivity index (χ1n) is 10.7. The summed E-state index contributed by atoms with van der Waals surface area (Å²) < 4.78 is 59.8. The van der Waals surface area contributed by atoms with Gasteiger partial charge in [-0.1, -0.05) is 18.2 Å². The number of carbonyl (C=O) groups is 1. The number of halogens is 4. The topological polar surface area (TPSA) is 86.1 Å². The Labute approximate surface area is 202 Å². The molecule has 4 rings (SSSR count). The summed E-state index contributed by atoms with van der Waals surface area (Å²) in [7, 11) is 1.29. The van der Waals surface area contributed by atoms with Crippen molar-refractivity contribution in [2.75, 3.05) is 12.4 Å². The maximum atomic E-state index is 13.5. The fourth-order valence-electron chi connectivity index (χ4n) is 3.72. The lowest BCUT2D eigenvalue weighted by atomic mass is 10.1. The van der Waals surface area contributed by atoms with E-state index in [4.69, 9.17) is 0 Å². The molecule has 0 aliphatic heterocycles. The molecular formula is C25H20F4N4O3. The van der Waals surface area contributed by atoms with E-state index in [2.05, 4.69) is 20.0 Å². The monoisotopic (exact) mass is 500 g/mol. The quantitative estimate of drug-likeness (QED) is 0.298. The molecule has 0 radical (unpaired) electrons. The predicted octanol–water partition coefficient (Wildman–Crippen LogP) is 4.96. The molecule has 36 heavy (non-hydrogen) atoms. The molecule has 7 nitrogen and oxygen atoms in total. The van der Waals surface area contributed by atoms with Gasteiger partial charge < -0.3 is 10.1 Å². The van der Waals surface area contributed by atoms with Gasteiger partial charge in [0.25, 0.3) is 5.56 Å². The van der Waals surface area contributed by atoms with E-state index in [9.17, 15) is 27.2 Å². The summed E-state index contributed by atoms with van der Waals surface area (Å²) in [4.78, 5) is 32.9. The largest absolute Gasteiger partial charge is 0.465 e. The molecule has 0 aliphatic rings. The average molecular weight is 500 g/mol. The van der Waals surface area contributed by atoms with Gasteiger partial charge >= 0.3 is 12.1 Å². The zero-order chi connectivity index (χ0) is 26.0. The minimum Gasteiger partial charge on any atom is -0.465 e. The number of benzene rings is 2. The Bertz CT molecular complexity index is 1480. The standard InChI is InChI=1S/C25H20F4N4O3/c1-14(15-3-5-16(6-4-15)23(35)36-2)31-24-30-12-17-8-10-21(34)33(22(17)32-24)13-18-7-9-19(26)11-20(18)25(27,28)29/h3-12,14H,13H2,1-2H3,(H,30,31,32). The number of anilines is 1. The second kappa shape index (κ2) is 9.76. The maximum Gasteiger partial charge on any atom is 0.416 e. The summed E-state index contributed by atoms with van der Waals surface area (Å²) in [6, 6.07) is 11.4. The van der Waals surface area contributed by atoms with E-state index in [1.165, 1.54) is 25.4 Å². The summed E-state index contributed by atoms with van der Waals surface area (Å²) in [6.07, 6.45) is -3.35. The lowest BCUT2D eigenvalue weighted by molar-refractivity contribution is -0.138. The van der Waals surface area contributed by atoms with Crippen LogP contribution in [0.1, 0.15) is 40.0 Å².